The number of furan rings is 1. The van der Waals surface area contributed by atoms with Crippen molar-refractivity contribution in [2.24, 2.45) is 0 Å². The minimum absolute atomic E-state index is 0.179. The molecule has 6 heteroatoms. The molecule has 0 spiro atoms. The third-order valence-corrected chi connectivity index (χ3v) is 3.00. The number of hydrogen-bond donors (Lipinski definition) is 1. The fourth-order valence-electron chi connectivity index (χ4n) is 1.91. The summed E-state index contributed by atoms with van der Waals surface area (Å²) in [5.41, 5.74) is 0.997. The van der Waals surface area contributed by atoms with Gasteiger partial charge < -0.3 is 9.73 Å². The highest BCUT2D eigenvalue weighted by molar-refractivity contribution is 5.20. The first-order valence-corrected chi connectivity index (χ1v) is 6.82. The van der Waals surface area contributed by atoms with E-state index in [9.17, 15) is 13.2 Å². The zero-order valence-corrected chi connectivity index (χ0v) is 12.5. The van der Waals surface area contributed by atoms with E-state index in [0.717, 1.165) is 11.3 Å². The smallest absolute Gasteiger partial charge is 0.401 e. The van der Waals surface area contributed by atoms with Crippen molar-refractivity contribution in [3.05, 3.63) is 23.2 Å². The van der Waals surface area contributed by atoms with E-state index in [1.165, 1.54) is 4.90 Å². The molecule has 0 atom stereocenters. The molecule has 1 aromatic heterocycles. The van der Waals surface area contributed by atoms with Gasteiger partial charge in [0.25, 0.3) is 0 Å². The molecular formula is C14H23F3N2O. The number of nitrogens with zero attached hydrogens (tertiary/aromatic N) is 1. The molecule has 0 fully saturated rings. The maximum Gasteiger partial charge on any atom is 0.401 e. The van der Waals surface area contributed by atoms with Crippen molar-refractivity contribution in [2.45, 2.75) is 53.0 Å². The van der Waals surface area contributed by atoms with Gasteiger partial charge in [0.15, 0.2) is 0 Å². The van der Waals surface area contributed by atoms with Gasteiger partial charge in [-0.05, 0) is 19.5 Å². The minimum Gasteiger partial charge on any atom is -0.465 e. The maximum atomic E-state index is 12.4. The lowest BCUT2D eigenvalue weighted by atomic mass is 10.2. The zero-order valence-electron chi connectivity index (χ0n) is 12.5. The Bertz CT molecular complexity index is 413. The average Bonchev–Trinajstić information content (AvgIpc) is 2.64. The van der Waals surface area contributed by atoms with Gasteiger partial charge in [0.1, 0.15) is 11.5 Å². The van der Waals surface area contributed by atoms with Gasteiger partial charge >= 0.3 is 6.18 Å². The van der Waals surface area contributed by atoms with E-state index in [1.807, 2.05) is 26.8 Å². The molecule has 1 rings (SSSR count). The van der Waals surface area contributed by atoms with Crippen molar-refractivity contribution in [3.63, 3.8) is 0 Å². The monoisotopic (exact) mass is 292 g/mol. The van der Waals surface area contributed by atoms with Crippen LogP contribution in [-0.4, -0.2) is 30.2 Å². The Morgan fingerprint density at radius 3 is 2.50 bits per heavy atom. The summed E-state index contributed by atoms with van der Waals surface area (Å²) in [6.45, 7) is 7.89. The topological polar surface area (TPSA) is 28.4 Å². The fraction of sp³-hybridized carbons (Fsp3) is 0.714. The molecule has 0 saturated heterocycles. The highest BCUT2D eigenvalue weighted by Crippen LogP contribution is 2.20. The van der Waals surface area contributed by atoms with Crippen molar-refractivity contribution >= 4 is 0 Å². The van der Waals surface area contributed by atoms with Crippen molar-refractivity contribution in [1.82, 2.24) is 10.2 Å². The second-order valence-corrected chi connectivity index (χ2v) is 5.25. The predicted octanol–water partition coefficient (Wildman–Crippen LogP) is 3.47. The van der Waals surface area contributed by atoms with Crippen LogP contribution < -0.4 is 5.32 Å². The van der Waals surface area contributed by atoms with Crippen LogP contribution in [0.15, 0.2) is 10.5 Å². The summed E-state index contributed by atoms with van der Waals surface area (Å²) >= 11 is 0. The van der Waals surface area contributed by atoms with Crippen LogP contribution in [0.5, 0.6) is 0 Å². The van der Waals surface area contributed by atoms with E-state index in [1.54, 1.807) is 6.92 Å². The largest absolute Gasteiger partial charge is 0.465 e. The molecule has 1 N–H and O–H groups in total. The average molecular weight is 292 g/mol. The molecule has 0 bridgehead atoms. The molecule has 1 aromatic rings. The number of alkyl halides is 3. The van der Waals surface area contributed by atoms with Crippen LogP contribution in [0.1, 0.15) is 37.9 Å². The lowest BCUT2D eigenvalue weighted by Gasteiger charge is -2.20. The number of hydrogen-bond acceptors (Lipinski definition) is 3. The van der Waals surface area contributed by atoms with Crippen LogP contribution in [0.25, 0.3) is 0 Å². The highest BCUT2D eigenvalue weighted by Gasteiger charge is 2.30. The Balaban J connectivity index is 2.65. The lowest BCUT2D eigenvalue weighted by molar-refractivity contribution is -0.147. The van der Waals surface area contributed by atoms with E-state index in [-0.39, 0.29) is 6.54 Å². The van der Waals surface area contributed by atoms with Gasteiger partial charge in [-0.25, -0.2) is 0 Å². The number of rotatable bonds is 7. The van der Waals surface area contributed by atoms with Crippen LogP contribution in [0.4, 0.5) is 13.2 Å². The van der Waals surface area contributed by atoms with E-state index >= 15 is 0 Å². The van der Waals surface area contributed by atoms with Crippen LogP contribution in [-0.2, 0) is 13.1 Å². The van der Waals surface area contributed by atoms with E-state index in [2.05, 4.69) is 5.32 Å². The van der Waals surface area contributed by atoms with Gasteiger partial charge in [-0.15, -0.1) is 0 Å². The fourth-order valence-corrected chi connectivity index (χ4v) is 1.91. The molecular weight excluding hydrogens is 269 g/mol. The van der Waals surface area contributed by atoms with E-state index < -0.39 is 12.7 Å². The maximum absolute atomic E-state index is 12.4. The minimum atomic E-state index is -4.18. The van der Waals surface area contributed by atoms with Crippen molar-refractivity contribution in [1.29, 1.82) is 0 Å². The highest BCUT2D eigenvalue weighted by atomic mass is 19.4. The van der Waals surface area contributed by atoms with Crippen molar-refractivity contribution < 1.29 is 17.6 Å². The molecule has 0 aliphatic heterocycles. The van der Waals surface area contributed by atoms with Gasteiger partial charge in [0, 0.05) is 18.2 Å². The van der Waals surface area contributed by atoms with E-state index in [4.69, 9.17) is 4.42 Å². The summed E-state index contributed by atoms with van der Waals surface area (Å²) in [7, 11) is 0. The molecule has 0 amide bonds. The molecule has 0 aliphatic rings. The lowest BCUT2D eigenvalue weighted by Crippen LogP contribution is -2.33. The van der Waals surface area contributed by atoms with Gasteiger partial charge in [0.05, 0.1) is 13.1 Å². The first kappa shape index (κ1) is 17.0. The number of halogens is 3. The Labute approximate surface area is 118 Å². The SMILES string of the molecule is CCN(Cc1cc(CNC(C)C)c(C)o1)CC(F)(F)F. The summed E-state index contributed by atoms with van der Waals surface area (Å²) in [6, 6.07) is 2.19. The van der Waals surface area contributed by atoms with Gasteiger partial charge in [-0.1, -0.05) is 20.8 Å². The molecule has 0 aliphatic carbocycles. The summed E-state index contributed by atoms with van der Waals surface area (Å²) in [5.74, 6) is 1.34. The molecule has 0 radical (unpaired) electrons. The van der Waals surface area contributed by atoms with Crippen molar-refractivity contribution in [2.75, 3.05) is 13.1 Å². The van der Waals surface area contributed by atoms with Gasteiger partial charge in [0.2, 0.25) is 0 Å². The Morgan fingerprint density at radius 2 is 2.00 bits per heavy atom. The van der Waals surface area contributed by atoms with Crippen LogP contribution in [0.3, 0.4) is 0 Å². The standard InChI is InChI=1S/C14H23F3N2O/c1-5-19(9-14(15,16)17)8-13-6-12(11(4)20-13)7-18-10(2)3/h6,10,18H,5,7-9H2,1-4H3. The first-order chi connectivity index (χ1) is 9.21. The second-order valence-electron chi connectivity index (χ2n) is 5.25. The van der Waals surface area contributed by atoms with Crippen LogP contribution >= 0.6 is 0 Å². The summed E-state index contributed by atoms with van der Waals surface area (Å²) in [5, 5.41) is 3.27. The summed E-state index contributed by atoms with van der Waals surface area (Å²) in [6.07, 6.45) is -4.18. The number of nitrogens with one attached hydrogen (secondary N) is 1. The second kappa shape index (κ2) is 7.13. The number of aryl methyl sites for hydroxylation is 1. The quantitative estimate of drug-likeness (QED) is 0.834. The van der Waals surface area contributed by atoms with Crippen LogP contribution in [0.2, 0.25) is 0 Å². The molecule has 116 valence electrons. The third kappa shape index (κ3) is 5.96. The first-order valence-electron chi connectivity index (χ1n) is 6.82. The Hall–Kier alpha value is -1.01. The molecule has 20 heavy (non-hydrogen) atoms. The Kier molecular flexibility index (Phi) is 6.07. The summed E-state index contributed by atoms with van der Waals surface area (Å²) < 4.78 is 42.8. The molecule has 0 unspecified atom stereocenters. The predicted molar refractivity (Wildman–Crippen MR) is 72.4 cm³/mol. The molecule has 3 nitrogen and oxygen atoms in total. The molecule has 1 heterocycles. The molecule has 0 aromatic carbocycles. The summed E-state index contributed by atoms with van der Waals surface area (Å²) in [4.78, 5) is 1.32. The Morgan fingerprint density at radius 1 is 1.35 bits per heavy atom. The van der Waals surface area contributed by atoms with Gasteiger partial charge in [-0.3, -0.25) is 4.90 Å². The van der Waals surface area contributed by atoms with E-state index in [0.29, 0.717) is 24.9 Å². The molecule has 0 saturated carbocycles. The van der Waals surface area contributed by atoms with Crippen molar-refractivity contribution in [3.8, 4) is 0 Å². The third-order valence-electron chi connectivity index (χ3n) is 3.00. The van der Waals surface area contributed by atoms with Crippen LogP contribution in [0, 0.1) is 6.92 Å². The van der Waals surface area contributed by atoms with Gasteiger partial charge in [-0.2, -0.15) is 13.2 Å². The normalized spacial score (nSPS) is 12.7. The zero-order chi connectivity index (χ0) is 15.3.